The van der Waals surface area contributed by atoms with Gasteiger partial charge in [0.15, 0.2) is 0 Å². The number of pyridine rings is 2. The number of rotatable bonds is 6. The third kappa shape index (κ3) is 5.49. The zero-order valence-corrected chi connectivity index (χ0v) is 17.6. The minimum Gasteiger partial charge on any atom is -0.439 e. The van der Waals surface area contributed by atoms with Crippen molar-refractivity contribution in [3.8, 4) is 11.6 Å². The van der Waals surface area contributed by atoms with E-state index in [-0.39, 0.29) is 11.7 Å². The Morgan fingerprint density at radius 2 is 1.84 bits per heavy atom. The highest BCUT2D eigenvalue weighted by Crippen LogP contribution is 2.23. The third-order valence-corrected chi connectivity index (χ3v) is 5.31. The van der Waals surface area contributed by atoms with E-state index in [0.717, 1.165) is 31.5 Å². The van der Waals surface area contributed by atoms with Gasteiger partial charge in [-0.15, -0.1) is 0 Å². The van der Waals surface area contributed by atoms with Crippen LogP contribution in [0, 0.1) is 5.82 Å². The minimum atomic E-state index is -0.321. The molecule has 1 fully saturated rings. The van der Waals surface area contributed by atoms with Gasteiger partial charge in [-0.1, -0.05) is 17.7 Å². The molecule has 6 nitrogen and oxygen atoms in total. The highest BCUT2D eigenvalue weighted by molar-refractivity contribution is 6.33. The van der Waals surface area contributed by atoms with Crippen LogP contribution in [0.2, 0.25) is 5.02 Å². The van der Waals surface area contributed by atoms with Gasteiger partial charge in [-0.25, -0.2) is 14.4 Å². The average molecular weight is 441 g/mol. The first kappa shape index (κ1) is 21.1. The fraction of sp³-hybridized carbons (Fsp3) is 0.261. The van der Waals surface area contributed by atoms with Crippen molar-refractivity contribution in [2.24, 2.45) is 0 Å². The lowest BCUT2D eigenvalue weighted by atomic mass is 10.1. The molecule has 160 valence electrons. The predicted octanol–water partition coefficient (Wildman–Crippen LogP) is 5.30. The summed E-state index contributed by atoms with van der Waals surface area (Å²) < 4.78 is 18.6. The summed E-state index contributed by atoms with van der Waals surface area (Å²) in [6.07, 6.45) is 6.47. The maximum atomic E-state index is 13.0. The number of benzene rings is 1. The van der Waals surface area contributed by atoms with Crippen molar-refractivity contribution in [3.05, 3.63) is 76.8 Å². The van der Waals surface area contributed by atoms with E-state index >= 15 is 0 Å². The molecule has 0 atom stereocenters. The van der Waals surface area contributed by atoms with E-state index in [2.05, 4.69) is 15.3 Å². The van der Waals surface area contributed by atoms with Crippen LogP contribution in [0.15, 0.2) is 54.9 Å². The summed E-state index contributed by atoms with van der Waals surface area (Å²) in [5.74, 6) is 1.07. The summed E-state index contributed by atoms with van der Waals surface area (Å²) >= 11 is 6.35. The number of aromatic nitrogens is 2. The van der Waals surface area contributed by atoms with Crippen LogP contribution in [0.4, 0.5) is 10.2 Å². The molecule has 1 amide bonds. The molecule has 4 rings (SSSR count). The lowest BCUT2D eigenvalue weighted by Crippen LogP contribution is -2.35. The lowest BCUT2D eigenvalue weighted by molar-refractivity contribution is 0.0724. The number of nitrogens with zero attached hydrogens (tertiary/aromatic N) is 3. The molecule has 3 heterocycles. The van der Waals surface area contributed by atoms with Crippen molar-refractivity contribution in [2.75, 3.05) is 18.4 Å². The van der Waals surface area contributed by atoms with Gasteiger partial charge in [0.05, 0.1) is 10.6 Å². The Morgan fingerprint density at radius 3 is 2.52 bits per heavy atom. The van der Waals surface area contributed by atoms with E-state index in [0.29, 0.717) is 34.6 Å². The molecule has 0 saturated carbocycles. The van der Waals surface area contributed by atoms with Crippen LogP contribution >= 0.6 is 11.6 Å². The maximum Gasteiger partial charge on any atom is 0.255 e. The van der Waals surface area contributed by atoms with E-state index in [9.17, 15) is 9.18 Å². The highest BCUT2D eigenvalue weighted by atomic mass is 35.5. The van der Waals surface area contributed by atoms with Gasteiger partial charge >= 0.3 is 0 Å². The predicted molar refractivity (Wildman–Crippen MR) is 117 cm³/mol. The number of amides is 1. The van der Waals surface area contributed by atoms with Crippen LogP contribution < -0.4 is 10.1 Å². The second kappa shape index (κ2) is 9.75. The molecular formula is C23H22ClFN4O2. The molecule has 1 saturated heterocycles. The quantitative estimate of drug-likeness (QED) is 0.563. The van der Waals surface area contributed by atoms with Crippen molar-refractivity contribution in [1.29, 1.82) is 0 Å². The number of carbonyl (C=O) groups is 1. The number of piperidine rings is 1. The van der Waals surface area contributed by atoms with E-state index in [4.69, 9.17) is 16.3 Å². The molecule has 0 bridgehead atoms. The molecule has 3 aromatic rings. The Kier molecular flexibility index (Phi) is 6.62. The van der Waals surface area contributed by atoms with E-state index in [1.54, 1.807) is 36.7 Å². The molecule has 1 aliphatic heterocycles. The van der Waals surface area contributed by atoms with Gasteiger partial charge in [0.1, 0.15) is 17.4 Å². The van der Waals surface area contributed by atoms with Gasteiger partial charge in [-0.05, 0) is 55.2 Å². The summed E-state index contributed by atoms with van der Waals surface area (Å²) in [5.41, 5.74) is 1.40. The number of carbonyl (C=O) groups excluding carboxylic acids is 1. The van der Waals surface area contributed by atoms with Gasteiger partial charge in [-0.2, -0.15) is 0 Å². The number of ether oxygens (including phenoxy) is 1. The largest absolute Gasteiger partial charge is 0.439 e. The Balaban J connectivity index is 1.34. The molecule has 1 aromatic carbocycles. The first-order valence-electron chi connectivity index (χ1n) is 10.2. The molecule has 0 radical (unpaired) electrons. The van der Waals surface area contributed by atoms with Crippen LogP contribution in [0.3, 0.4) is 0 Å². The summed E-state index contributed by atoms with van der Waals surface area (Å²) in [4.78, 5) is 23.0. The zero-order valence-electron chi connectivity index (χ0n) is 16.9. The first-order chi connectivity index (χ1) is 15.1. The third-order valence-electron chi connectivity index (χ3n) is 5.03. The topological polar surface area (TPSA) is 67.3 Å². The van der Waals surface area contributed by atoms with Crippen molar-refractivity contribution >= 4 is 23.3 Å². The fourth-order valence-electron chi connectivity index (χ4n) is 3.35. The van der Waals surface area contributed by atoms with Gasteiger partial charge in [0.2, 0.25) is 5.88 Å². The number of nitrogens with one attached hydrogen (secondary N) is 1. The number of anilines is 1. The second-order valence-corrected chi connectivity index (χ2v) is 7.73. The van der Waals surface area contributed by atoms with Gasteiger partial charge in [-0.3, -0.25) is 4.79 Å². The highest BCUT2D eigenvalue weighted by Gasteiger charge is 2.19. The number of hydrogen-bond acceptors (Lipinski definition) is 5. The Labute approximate surface area is 185 Å². The van der Waals surface area contributed by atoms with Crippen LogP contribution in [0.1, 0.15) is 35.2 Å². The smallest absolute Gasteiger partial charge is 0.255 e. The molecule has 0 unspecified atom stereocenters. The zero-order chi connectivity index (χ0) is 21.6. The Hall–Kier alpha value is -3.19. The minimum absolute atomic E-state index is 0.0263. The molecule has 1 N–H and O–H groups in total. The lowest BCUT2D eigenvalue weighted by Gasteiger charge is -2.26. The van der Waals surface area contributed by atoms with Crippen LogP contribution in [-0.4, -0.2) is 33.9 Å². The van der Waals surface area contributed by atoms with Crippen molar-refractivity contribution in [2.45, 2.75) is 25.8 Å². The summed E-state index contributed by atoms with van der Waals surface area (Å²) in [5, 5.41) is 3.56. The molecule has 31 heavy (non-hydrogen) atoms. The van der Waals surface area contributed by atoms with Crippen molar-refractivity contribution in [3.63, 3.8) is 0 Å². The number of hydrogen-bond donors (Lipinski definition) is 1. The first-order valence-corrected chi connectivity index (χ1v) is 10.5. The number of halogens is 2. The number of likely N-dealkylation sites (tertiary alicyclic amines) is 1. The van der Waals surface area contributed by atoms with E-state index < -0.39 is 0 Å². The molecule has 0 aliphatic carbocycles. The van der Waals surface area contributed by atoms with Crippen LogP contribution in [-0.2, 0) is 6.54 Å². The molecule has 0 spiro atoms. The summed E-state index contributed by atoms with van der Waals surface area (Å²) in [7, 11) is 0. The van der Waals surface area contributed by atoms with Crippen LogP contribution in [0.25, 0.3) is 0 Å². The second-order valence-electron chi connectivity index (χ2n) is 7.32. The van der Waals surface area contributed by atoms with Gasteiger partial charge in [0, 0.05) is 38.1 Å². The monoisotopic (exact) mass is 440 g/mol. The van der Waals surface area contributed by atoms with Crippen molar-refractivity contribution < 1.29 is 13.9 Å². The Morgan fingerprint density at radius 1 is 1.06 bits per heavy atom. The Bertz CT molecular complexity index is 1040. The standard InChI is InChI=1S/C23H22ClFN4O2/c24-20-12-17(23(30)29-10-2-1-3-11-29)15-28-22(20)27-14-16-4-9-21(26-13-16)31-19-7-5-18(25)6-8-19/h4-9,12-13,15H,1-3,10-11,14H2,(H,27,28). The normalized spacial score (nSPS) is 13.7. The van der Waals surface area contributed by atoms with Crippen LogP contribution in [0.5, 0.6) is 11.6 Å². The molecule has 8 heteroatoms. The fourth-order valence-corrected chi connectivity index (χ4v) is 3.58. The molecule has 2 aromatic heterocycles. The maximum absolute atomic E-state index is 13.0. The van der Waals surface area contributed by atoms with Crippen molar-refractivity contribution in [1.82, 2.24) is 14.9 Å². The summed E-state index contributed by atoms with van der Waals surface area (Å²) in [6, 6.07) is 11.0. The average Bonchev–Trinajstić information content (AvgIpc) is 2.81. The molecule has 1 aliphatic rings. The van der Waals surface area contributed by atoms with Gasteiger partial charge in [0.25, 0.3) is 5.91 Å². The van der Waals surface area contributed by atoms with E-state index in [1.807, 2.05) is 11.0 Å². The van der Waals surface area contributed by atoms with E-state index in [1.165, 1.54) is 18.6 Å². The SMILES string of the molecule is O=C(c1cnc(NCc2ccc(Oc3ccc(F)cc3)nc2)c(Cl)c1)N1CCCCC1. The molecular weight excluding hydrogens is 419 g/mol. The van der Waals surface area contributed by atoms with Gasteiger partial charge < -0.3 is 15.0 Å². The summed E-state index contributed by atoms with van der Waals surface area (Å²) in [6.45, 7) is 2.02.